The monoisotopic (exact) mass is 328 g/mol. The maximum absolute atomic E-state index is 12.1. The first kappa shape index (κ1) is 16.3. The van der Waals surface area contributed by atoms with Crippen LogP contribution in [-0.2, 0) is 14.3 Å². The van der Waals surface area contributed by atoms with E-state index in [0.717, 1.165) is 11.3 Å². The number of anilines is 1. The summed E-state index contributed by atoms with van der Waals surface area (Å²) >= 11 is 0. The van der Waals surface area contributed by atoms with Crippen molar-refractivity contribution in [1.82, 2.24) is 4.90 Å². The Kier molecular flexibility index (Phi) is 4.96. The van der Waals surface area contributed by atoms with E-state index in [1.54, 1.807) is 18.3 Å². The highest BCUT2D eigenvalue weighted by Crippen LogP contribution is 2.22. The fourth-order valence-corrected chi connectivity index (χ4v) is 2.83. The minimum absolute atomic E-state index is 0.0393. The highest BCUT2D eigenvalue weighted by atomic mass is 16.5. The first-order chi connectivity index (χ1) is 11.7. The van der Waals surface area contributed by atoms with Crippen molar-refractivity contribution in [3.05, 3.63) is 42.7 Å². The van der Waals surface area contributed by atoms with Crippen molar-refractivity contribution >= 4 is 17.5 Å². The van der Waals surface area contributed by atoms with Gasteiger partial charge in [-0.15, -0.1) is 0 Å². The largest absolute Gasteiger partial charge is 0.464 e. The predicted octanol–water partition coefficient (Wildman–Crippen LogP) is 2.87. The average molecular weight is 328 g/mol. The number of nitrogens with one attached hydrogen (secondary N) is 1. The summed E-state index contributed by atoms with van der Waals surface area (Å²) < 4.78 is 10.6. The molecule has 0 spiro atoms. The third kappa shape index (κ3) is 3.65. The third-order valence-electron chi connectivity index (χ3n) is 4.10. The van der Waals surface area contributed by atoms with Crippen LogP contribution in [0.25, 0.3) is 11.3 Å². The normalized spacial score (nSPS) is 17.3. The Labute approximate surface area is 140 Å². The molecule has 0 saturated carbocycles. The number of carbonyl (C=O) groups excluding carboxylic acids is 2. The lowest BCUT2D eigenvalue weighted by Crippen LogP contribution is -2.36. The molecule has 1 saturated heterocycles. The van der Waals surface area contributed by atoms with Gasteiger partial charge in [0.25, 0.3) is 0 Å². The lowest BCUT2D eigenvalue weighted by molar-refractivity contribution is -0.135. The Morgan fingerprint density at radius 1 is 1.33 bits per heavy atom. The molecule has 1 aliphatic rings. The van der Waals surface area contributed by atoms with Crippen LogP contribution in [0.2, 0.25) is 0 Å². The number of amides is 2. The van der Waals surface area contributed by atoms with Gasteiger partial charge in [0.1, 0.15) is 12.0 Å². The van der Waals surface area contributed by atoms with Gasteiger partial charge in [0, 0.05) is 44.2 Å². The molecular formula is C18H20N2O4. The quantitative estimate of drug-likeness (QED) is 0.885. The molecule has 0 radical (unpaired) electrons. The number of nitrogens with zero attached hydrogens (tertiary/aromatic N) is 1. The van der Waals surface area contributed by atoms with Gasteiger partial charge in [-0.2, -0.15) is 0 Å². The number of carbonyl (C=O) groups is 2. The molecule has 6 nitrogen and oxygen atoms in total. The topological polar surface area (TPSA) is 71.8 Å². The van der Waals surface area contributed by atoms with Crippen LogP contribution in [0.15, 0.2) is 47.1 Å². The van der Waals surface area contributed by atoms with E-state index in [2.05, 4.69) is 5.32 Å². The maximum Gasteiger partial charge on any atom is 0.226 e. The molecule has 126 valence electrons. The molecule has 1 aliphatic heterocycles. The Hall–Kier alpha value is -2.60. The molecule has 6 heteroatoms. The second kappa shape index (κ2) is 7.31. The molecule has 1 N–H and O–H groups in total. The Bertz CT molecular complexity index is 694. The zero-order valence-corrected chi connectivity index (χ0v) is 13.5. The van der Waals surface area contributed by atoms with E-state index in [1.165, 1.54) is 0 Å². The van der Waals surface area contributed by atoms with Crippen LogP contribution >= 0.6 is 0 Å². The fraction of sp³-hybridized carbons (Fsp3) is 0.333. The van der Waals surface area contributed by atoms with Crippen LogP contribution in [0.4, 0.5) is 5.69 Å². The predicted molar refractivity (Wildman–Crippen MR) is 89.1 cm³/mol. The van der Waals surface area contributed by atoms with Crippen LogP contribution in [0.1, 0.15) is 19.3 Å². The molecule has 1 aromatic heterocycles. The van der Waals surface area contributed by atoms with Gasteiger partial charge in [0.2, 0.25) is 11.8 Å². The summed E-state index contributed by atoms with van der Waals surface area (Å²) in [4.78, 5) is 25.5. The summed E-state index contributed by atoms with van der Waals surface area (Å²) in [6.45, 7) is 0.369. The second-order valence-electron chi connectivity index (χ2n) is 5.67. The van der Waals surface area contributed by atoms with Gasteiger partial charge in [-0.25, -0.2) is 0 Å². The van der Waals surface area contributed by atoms with Crippen molar-refractivity contribution in [2.24, 2.45) is 0 Å². The smallest absolute Gasteiger partial charge is 0.226 e. The highest BCUT2D eigenvalue weighted by Gasteiger charge is 2.30. The van der Waals surface area contributed by atoms with Gasteiger partial charge in [-0.3, -0.25) is 9.59 Å². The lowest BCUT2D eigenvalue weighted by atomic mass is 10.1. The molecule has 0 aliphatic carbocycles. The molecule has 3 rings (SSSR count). The van der Waals surface area contributed by atoms with Crippen molar-refractivity contribution in [2.45, 2.75) is 25.5 Å². The molecule has 24 heavy (non-hydrogen) atoms. The summed E-state index contributed by atoms with van der Waals surface area (Å²) in [6, 6.07) is 11.1. The molecule has 2 amide bonds. The van der Waals surface area contributed by atoms with Crippen molar-refractivity contribution < 1.29 is 18.7 Å². The average Bonchev–Trinajstić information content (AvgIpc) is 3.23. The van der Waals surface area contributed by atoms with Gasteiger partial charge >= 0.3 is 0 Å². The van der Waals surface area contributed by atoms with Crippen LogP contribution in [-0.4, -0.2) is 36.6 Å². The SMILES string of the molecule is COC1CCC(=O)N1CCC(=O)Nc1ccc(-c2ccco2)cc1. The van der Waals surface area contributed by atoms with Crippen molar-refractivity contribution in [3.8, 4) is 11.3 Å². The van der Waals surface area contributed by atoms with E-state index < -0.39 is 0 Å². The second-order valence-corrected chi connectivity index (χ2v) is 5.67. The van der Waals surface area contributed by atoms with Crippen molar-refractivity contribution in [1.29, 1.82) is 0 Å². The van der Waals surface area contributed by atoms with E-state index in [-0.39, 0.29) is 24.5 Å². The Morgan fingerprint density at radius 3 is 2.79 bits per heavy atom. The Morgan fingerprint density at radius 2 is 2.12 bits per heavy atom. The molecule has 1 aromatic carbocycles. The van der Waals surface area contributed by atoms with Crippen molar-refractivity contribution in [3.63, 3.8) is 0 Å². The van der Waals surface area contributed by atoms with Gasteiger partial charge in [0.15, 0.2) is 0 Å². The lowest BCUT2D eigenvalue weighted by Gasteiger charge is -2.23. The van der Waals surface area contributed by atoms with E-state index in [0.29, 0.717) is 25.1 Å². The fourth-order valence-electron chi connectivity index (χ4n) is 2.83. The number of ether oxygens (including phenoxy) is 1. The molecule has 1 atom stereocenters. The molecule has 2 heterocycles. The van der Waals surface area contributed by atoms with Crippen LogP contribution in [0.5, 0.6) is 0 Å². The van der Waals surface area contributed by atoms with E-state index in [9.17, 15) is 9.59 Å². The summed E-state index contributed by atoms with van der Waals surface area (Å²) in [6.07, 6.45) is 2.82. The number of benzene rings is 1. The number of likely N-dealkylation sites (tertiary alicyclic amines) is 1. The van der Waals surface area contributed by atoms with E-state index in [4.69, 9.17) is 9.15 Å². The van der Waals surface area contributed by atoms with Gasteiger partial charge in [-0.1, -0.05) is 0 Å². The summed E-state index contributed by atoms with van der Waals surface area (Å²) in [5.74, 6) is 0.693. The van der Waals surface area contributed by atoms with Crippen molar-refractivity contribution in [2.75, 3.05) is 19.0 Å². The number of rotatable bonds is 6. The molecule has 2 aromatic rings. The first-order valence-corrected chi connectivity index (χ1v) is 7.93. The van der Waals surface area contributed by atoms with Gasteiger partial charge in [-0.05, 0) is 36.4 Å². The number of hydrogen-bond donors (Lipinski definition) is 1. The van der Waals surface area contributed by atoms with Crippen LogP contribution < -0.4 is 5.32 Å². The first-order valence-electron chi connectivity index (χ1n) is 7.93. The third-order valence-corrected chi connectivity index (χ3v) is 4.10. The minimum Gasteiger partial charge on any atom is -0.464 e. The zero-order valence-electron chi connectivity index (χ0n) is 13.5. The van der Waals surface area contributed by atoms with E-state index in [1.807, 2.05) is 36.4 Å². The van der Waals surface area contributed by atoms with Crippen LogP contribution in [0.3, 0.4) is 0 Å². The summed E-state index contributed by atoms with van der Waals surface area (Å²) in [7, 11) is 1.58. The molecule has 1 fully saturated rings. The molecule has 1 unspecified atom stereocenters. The van der Waals surface area contributed by atoms with E-state index >= 15 is 0 Å². The zero-order chi connectivity index (χ0) is 16.9. The highest BCUT2D eigenvalue weighted by molar-refractivity contribution is 5.91. The number of hydrogen-bond acceptors (Lipinski definition) is 4. The summed E-state index contributed by atoms with van der Waals surface area (Å²) in [5, 5.41) is 2.84. The minimum atomic E-state index is -0.210. The van der Waals surface area contributed by atoms with Crippen LogP contribution in [0, 0.1) is 0 Å². The number of methoxy groups -OCH3 is 1. The summed E-state index contributed by atoms with van der Waals surface area (Å²) in [5.41, 5.74) is 1.66. The maximum atomic E-state index is 12.1. The molecule has 0 bridgehead atoms. The van der Waals surface area contributed by atoms with Gasteiger partial charge < -0.3 is 19.4 Å². The molecular weight excluding hydrogens is 308 g/mol. The Balaban J connectivity index is 1.52. The standard InChI is InChI=1S/C18H20N2O4/c1-23-18-9-8-17(22)20(18)11-10-16(21)19-14-6-4-13(5-7-14)15-3-2-12-24-15/h2-7,12,18H,8-11H2,1H3,(H,19,21). The van der Waals surface area contributed by atoms with Gasteiger partial charge in [0.05, 0.1) is 6.26 Å². The number of furan rings is 1.